The number of carbonyl (C=O) groups excluding carboxylic acids is 1. The molecule has 1 aliphatic rings. The number of ether oxygens (including phenoxy) is 1. The van der Waals surface area contributed by atoms with Crippen LogP contribution in [0.2, 0.25) is 0 Å². The number of aromatic nitrogens is 2. The predicted octanol–water partition coefficient (Wildman–Crippen LogP) is 3.58. The number of carbonyl (C=O) groups is 1. The molecule has 0 saturated carbocycles. The van der Waals surface area contributed by atoms with Crippen LogP contribution in [0.1, 0.15) is 0 Å². The number of methoxy groups -OCH3 is 1. The van der Waals surface area contributed by atoms with Gasteiger partial charge in [0.25, 0.3) is 0 Å². The van der Waals surface area contributed by atoms with Gasteiger partial charge in [0.15, 0.2) is 0 Å². The van der Waals surface area contributed by atoms with E-state index >= 15 is 0 Å². The largest absolute Gasteiger partial charge is 0.467 e. The van der Waals surface area contributed by atoms with E-state index in [-0.39, 0.29) is 12.5 Å². The molecule has 4 rings (SSSR count). The van der Waals surface area contributed by atoms with E-state index in [2.05, 4.69) is 37.4 Å². The molecule has 1 fully saturated rings. The van der Waals surface area contributed by atoms with Gasteiger partial charge in [-0.1, -0.05) is 30.3 Å². The minimum Gasteiger partial charge on any atom is -0.467 e. The lowest BCUT2D eigenvalue weighted by atomic mass is 10.1. The van der Waals surface area contributed by atoms with E-state index in [0.717, 1.165) is 29.9 Å². The monoisotopic (exact) mass is 431 g/mol. The predicted molar refractivity (Wildman–Crippen MR) is 123 cm³/mol. The fourth-order valence-corrected chi connectivity index (χ4v) is 3.75. The first kappa shape index (κ1) is 21.2. The first-order chi connectivity index (χ1) is 15.7. The second-order valence-electron chi connectivity index (χ2n) is 7.33. The Morgan fingerprint density at radius 2 is 1.75 bits per heavy atom. The van der Waals surface area contributed by atoms with Crippen LogP contribution in [0.25, 0.3) is 11.1 Å². The molecule has 0 atom stereocenters. The summed E-state index contributed by atoms with van der Waals surface area (Å²) in [5, 5.41) is 6.59. The van der Waals surface area contributed by atoms with Gasteiger partial charge < -0.3 is 19.9 Å². The number of anilines is 2. The van der Waals surface area contributed by atoms with Crippen LogP contribution in [0.4, 0.5) is 17.1 Å². The number of rotatable bonds is 7. The third-order valence-corrected chi connectivity index (χ3v) is 5.45. The van der Waals surface area contributed by atoms with Crippen molar-refractivity contribution in [1.29, 1.82) is 5.53 Å². The molecule has 9 nitrogen and oxygen atoms in total. The molecule has 0 spiro atoms. The number of nitrogens with zero attached hydrogens (tertiary/aromatic N) is 5. The Hall–Kier alpha value is -4.01. The van der Waals surface area contributed by atoms with Crippen LogP contribution in [0, 0.1) is 5.53 Å². The average molecular weight is 432 g/mol. The molecule has 9 heteroatoms. The van der Waals surface area contributed by atoms with Crippen LogP contribution in [0.5, 0.6) is 6.01 Å². The van der Waals surface area contributed by atoms with Gasteiger partial charge in [0, 0.05) is 55.4 Å². The van der Waals surface area contributed by atoms with E-state index < -0.39 is 0 Å². The normalized spacial score (nSPS) is 13.5. The molecule has 2 aromatic carbocycles. The van der Waals surface area contributed by atoms with E-state index in [9.17, 15) is 4.79 Å². The zero-order valence-corrected chi connectivity index (χ0v) is 17.9. The van der Waals surface area contributed by atoms with Crippen LogP contribution in [0.15, 0.2) is 66.0 Å². The van der Waals surface area contributed by atoms with Crippen LogP contribution in [-0.2, 0) is 4.79 Å². The molecule has 1 aliphatic heterocycles. The number of piperazine rings is 1. The highest BCUT2D eigenvalue weighted by atomic mass is 16.5. The maximum atomic E-state index is 12.7. The number of para-hydroxylation sites is 3. The molecule has 0 bridgehead atoms. The summed E-state index contributed by atoms with van der Waals surface area (Å²) in [6.07, 6.45) is 3.52. The number of amides is 1. The lowest BCUT2D eigenvalue weighted by Gasteiger charge is -2.37. The van der Waals surface area contributed by atoms with Gasteiger partial charge in [-0.3, -0.25) is 4.79 Å². The Kier molecular flexibility index (Phi) is 6.54. The summed E-state index contributed by atoms with van der Waals surface area (Å²) < 4.78 is 5.06. The van der Waals surface area contributed by atoms with Crippen LogP contribution in [0.3, 0.4) is 0 Å². The van der Waals surface area contributed by atoms with Crippen molar-refractivity contribution in [2.24, 2.45) is 5.11 Å². The number of hydrogen-bond donors (Lipinski definition) is 2. The summed E-state index contributed by atoms with van der Waals surface area (Å²) in [7, 11) is 1.54. The van der Waals surface area contributed by atoms with Crippen molar-refractivity contribution in [2.45, 2.75) is 0 Å². The van der Waals surface area contributed by atoms with Crippen LogP contribution >= 0.6 is 0 Å². The SMILES string of the molecule is COc1ncc(-c2ccccc2N2CCN(C(=O)CNc3ccccc3N=N)CC2)cn1. The molecule has 164 valence electrons. The minimum absolute atomic E-state index is 0.0290. The number of benzene rings is 2. The van der Waals surface area contributed by atoms with E-state index in [1.54, 1.807) is 25.6 Å². The van der Waals surface area contributed by atoms with Gasteiger partial charge in [0.1, 0.15) is 5.69 Å². The maximum Gasteiger partial charge on any atom is 0.316 e. The molecule has 1 amide bonds. The molecule has 1 saturated heterocycles. The fourth-order valence-electron chi connectivity index (χ4n) is 3.75. The molecule has 2 heterocycles. The topological polar surface area (TPSA) is 107 Å². The van der Waals surface area contributed by atoms with E-state index in [4.69, 9.17) is 10.3 Å². The minimum atomic E-state index is 0.0290. The average Bonchev–Trinajstić information content (AvgIpc) is 2.87. The zero-order chi connectivity index (χ0) is 22.3. The first-order valence-electron chi connectivity index (χ1n) is 10.4. The van der Waals surface area contributed by atoms with Crippen molar-refractivity contribution in [1.82, 2.24) is 14.9 Å². The quantitative estimate of drug-likeness (QED) is 0.554. The molecular formula is C23H25N7O2. The molecule has 0 aliphatic carbocycles. The summed E-state index contributed by atoms with van der Waals surface area (Å²) in [5.74, 6) is 0.0290. The van der Waals surface area contributed by atoms with E-state index in [0.29, 0.717) is 30.5 Å². The highest BCUT2D eigenvalue weighted by Crippen LogP contribution is 2.31. The lowest BCUT2D eigenvalue weighted by molar-refractivity contribution is -0.129. The molecule has 2 N–H and O–H groups in total. The number of nitrogens with one attached hydrogen (secondary N) is 2. The van der Waals surface area contributed by atoms with E-state index in [1.807, 2.05) is 35.2 Å². The molecule has 0 radical (unpaired) electrons. The second-order valence-corrected chi connectivity index (χ2v) is 7.33. The van der Waals surface area contributed by atoms with Gasteiger partial charge in [0.2, 0.25) is 5.91 Å². The Morgan fingerprint density at radius 3 is 2.47 bits per heavy atom. The number of hydrogen-bond acceptors (Lipinski definition) is 8. The summed E-state index contributed by atoms with van der Waals surface area (Å²) in [5.41, 5.74) is 11.5. The first-order valence-corrected chi connectivity index (χ1v) is 10.4. The van der Waals surface area contributed by atoms with E-state index in [1.165, 1.54) is 0 Å². The fraction of sp³-hybridized carbons (Fsp3) is 0.261. The van der Waals surface area contributed by atoms with Crippen molar-refractivity contribution in [2.75, 3.05) is 50.1 Å². The lowest BCUT2D eigenvalue weighted by Crippen LogP contribution is -2.50. The smallest absolute Gasteiger partial charge is 0.316 e. The summed E-state index contributed by atoms with van der Waals surface area (Å²) in [4.78, 5) is 25.3. The van der Waals surface area contributed by atoms with Crippen LogP contribution < -0.4 is 15.0 Å². The van der Waals surface area contributed by atoms with Crippen molar-refractivity contribution >= 4 is 23.0 Å². The highest BCUT2D eigenvalue weighted by Gasteiger charge is 2.23. The summed E-state index contributed by atoms with van der Waals surface area (Å²) in [6, 6.07) is 15.7. The second kappa shape index (κ2) is 9.86. The Bertz CT molecular complexity index is 1080. The molecule has 0 unspecified atom stereocenters. The summed E-state index contributed by atoms with van der Waals surface area (Å²) in [6.45, 7) is 2.92. The van der Waals surface area contributed by atoms with Gasteiger partial charge in [-0.05, 0) is 18.2 Å². The van der Waals surface area contributed by atoms with Gasteiger partial charge in [-0.15, -0.1) is 0 Å². The summed E-state index contributed by atoms with van der Waals surface area (Å²) >= 11 is 0. The molecule has 32 heavy (non-hydrogen) atoms. The standard InChI is InChI=1S/C23H25N7O2/c1-32-23-26-14-17(15-27-23)18-6-2-5-9-21(18)29-10-12-30(13-11-29)22(31)16-25-19-7-3-4-8-20(19)28-24/h2-9,14-15,24-25H,10-13,16H2,1H3. The molecule has 3 aromatic rings. The van der Waals surface area contributed by atoms with Gasteiger partial charge >= 0.3 is 6.01 Å². The van der Waals surface area contributed by atoms with Crippen molar-refractivity contribution in [3.63, 3.8) is 0 Å². The van der Waals surface area contributed by atoms with Gasteiger partial charge in [0.05, 0.1) is 19.3 Å². The molecular weight excluding hydrogens is 406 g/mol. The highest BCUT2D eigenvalue weighted by molar-refractivity contribution is 5.83. The van der Waals surface area contributed by atoms with Crippen molar-refractivity contribution < 1.29 is 9.53 Å². The Morgan fingerprint density at radius 1 is 1.06 bits per heavy atom. The molecule has 1 aromatic heterocycles. The maximum absolute atomic E-state index is 12.7. The van der Waals surface area contributed by atoms with Gasteiger partial charge in [-0.25, -0.2) is 15.5 Å². The van der Waals surface area contributed by atoms with Crippen molar-refractivity contribution in [3.8, 4) is 17.1 Å². The third kappa shape index (κ3) is 4.66. The van der Waals surface area contributed by atoms with Crippen LogP contribution in [-0.4, -0.2) is 60.6 Å². The Labute approximate surface area is 186 Å². The third-order valence-electron chi connectivity index (χ3n) is 5.45. The van der Waals surface area contributed by atoms with Crippen molar-refractivity contribution in [3.05, 3.63) is 60.9 Å². The Balaban J connectivity index is 1.38. The van der Waals surface area contributed by atoms with Gasteiger partial charge in [-0.2, -0.15) is 5.11 Å². The zero-order valence-electron chi connectivity index (χ0n) is 17.9.